The van der Waals surface area contributed by atoms with Crippen molar-refractivity contribution in [2.45, 2.75) is 39.5 Å². The van der Waals surface area contributed by atoms with Crippen LogP contribution in [0.25, 0.3) is 22.4 Å². The van der Waals surface area contributed by atoms with Crippen LogP contribution in [0.4, 0.5) is 4.79 Å². The molecule has 0 atom stereocenters. The van der Waals surface area contributed by atoms with Crippen molar-refractivity contribution >= 4 is 6.09 Å². The number of pyridine rings is 1. The van der Waals surface area contributed by atoms with Gasteiger partial charge in [0.15, 0.2) is 0 Å². The molecule has 4 rings (SSSR count). The second-order valence-electron chi connectivity index (χ2n) is 7.90. The van der Waals surface area contributed by atoms with Crippen LogP contribution in [-0.2, 0) is 17.8 Å². The highest BCUT2D eigenvalue weighted by Gasteiger charge is 2.30. The summed E-state index contributed by atoms with van der Waals surface area (Å²) in [6.07, 6.45) is 3.27. The average Bonchev–Trinajstić information content (AvgIpc) is 3.06. The Kier molecular flexibility index (Phi) is 4.63. The van der Waals surface area contributed by atoms with Crippen LogP contribution >= 0.6 is 0 Å². The Balaban J connectivity index is 1.77. The molecule has 2 aromatic heterocycles. The Morgan fingerprint density at radius 2 is 1.71 bits per heavy atom. The maximum Gasteiger partial charge on any atom is 0.410 e. The fraction of sp³-hybridized carbons (Fsp3) is 0.318. The normalized spacial score (nSPS) is 13.9. The van der Waals surface area contributed by atoms with E-state index >= 15 is 0 Å². The van der Waals surface area contributed by atoms with Crippen molar-refractivity contribution in [1.82, 2.24) is 19.7 Å². The number of ether oxygens (including phenoxy) is 1. The molecular weight excluding hydrogens is 352 g/mol. The highest BCUT2D eigenvalue weighted by atomic mass is 16.6. The zero-order valence-corrected chi connectivity index (χ0v) is 16.4. The van der Waals surface area contributed by atoms with Gasteiger partial charge in [-0.2, -0.15) is 5.10 Å². The molecule has 0 unspecified atom stereocenters. The summed E-state index contributed by atoms with van der Waals surface area (Å²) in [7, 11) is 0. The second-order valence-corrected chi connectivity index (χ2v) is 7.90. The summed E-state index contributed by atoms with van der Waals surface area (Å²) in [5.74, 6) is 0. The first-order valence-corrected chi connectivity index (χ1v) is 9.46. The van der Waals surface area contributed by atoms with Gasteiger partial charge in [0, 0.05) is 30.1 Å². The summed E-state index contributed by atoms with van der Waals surface area (Å²) >= 11 is 0. The van der Waals surface area contributed by atoms with Gasteiger partial charge < -0.3 is 9.64 Å². The van der Waals surface area contributed by atoms with Gasteiger partial charge >= 0.3 is 6.09 Å². The van der Waals surface area contributed by atoms with E-state index in [4.69, 9.17) is 9.84 Å². The number of hydrogen-bond donors (Lipinski definition) is 0. The van der Waals surface area contributed by atoms with Gasteiger partial charge in [0.1, 0.15) is 11.3 Å². The topological polar surface area (TPSA) is 60.2 Å². The summed E-state index contributed by atoms with van der Waals surface area (Å²) in [5.41, 5.74) is 4.57. The molecule has 0 spiro atoms. The van der Waals surface area contributed by atoms with Crippen LogP contribution < -0.4 is 0 Å². The largest absolute Gasteiger partial charge is 0.444 e. The molecule has 1 aliphatic rings. The SMILES string of the molecule is CC(C)(C)OC(=O)N1CCn2nc(-c3ccccc3)c(-c3ccncc3)c2C1. The van der Waals surface area contributed by atoms with E-state index in [0.29, 0.717) is 19.6 Å². The average molecular weight is 376 g/mol. The summed E-state index contributed by atoms with van der Waals surface area (Å²) < 4.78 is 7.59. The molecule has 1 amide bonds. The lowest BCUT2D eigenvalue weighted by Gasteiger charge is -2.30. The van der Waals surface area contributed by atoms with Crippen molar-refractivity contribution in [3.8, 4) is 22.4 Å². The first kappa shape index (κ1) is 18.2. The number of nitrogens with zero attached hydrogens (tertiary/aromatic N) is 4. The van der Waals surface area contributed by atoms with Gasteiger partial charge in [-0.05, 0) is 38.5 Å². The van der Waals surface area contributed by atoms with Crippen molar-refractivity contribution < 1.29 is 9.53 Å². The third kappa shape index (κ3) is 3.63. The molecule has 144 valence electrons. The van der Waals surface area contributed by atoms with Crippen molar-refractivity contribution in [2.75, 3.05) is 6.54 Å². The lowest BCUT2D eigenvalue weighted by Crippen LogP contribution is -2.41. The molecule has 3 heterocycles. The van der Waals surface area contributed by atoms with Crippen LogP contribution in [0.5, 0.6) is 0 Å². The zero-order valence-electron chi connectivity index (χ0n) is 16.4. The van der Waals surface area contributed by atoms with E-state index in [2.05, 4.69) is 17.1 Å². The predicted octanol–water partition coefficient (Wildman–Crippen LogP) is 4.36. The molecule has 0 saturated heterocycles. The van der Waals surface area contributed by atoms with Crippen molar-refractivity contribution in [2.24, 2.45) is 0 Å². The lowest BCUT2D eigenvalue weighted by molar-refractivity contribution is 0.0195. The molecule has 1 aromatic carbocycles. The van der Waals surface area contributed by atoms with Gasteiger partial charge in [-0.3, -0.25) is 9.67 Å². The van der Waals surface area contributed by atoms with E-state index in [1.54, 1.807) is 17.3 Å². The summed E-state index contributed by atoms with van der Waals surface area (Å²) in [4.78, 5) is 18.5. The van der Waals surface area contributed by atoms with Gasteiger partial charge in [-0.1, -0.05) is 30.3 Å². The van der Waals surface area contributed by atoms with Gasteiger partial charge in [-0.25, -0.2) is 4.79 Å². The summed E-state index contributed by atoms with van der Waals surface area (Å²) in [6, 6.07) is 14.1. The van der Waals surface area contributed by atoms with Crippen molar-refractivity contribution in [1.29, 1.82) is 0 Å². The van der Waals surface area contributed by atoms with Crippen molar-refractivity contribution in [3.63, 3.8) is 0 Å². The van der Waals surface area contributed by atoms with Crippen LogP contribution in [0.15, 0.2) is 54.9 Å². The van der Waals surface area contributed by atoms with E-state index in [1.165, 1.54) is 0 Å². The van der Waals surface area contributed by atoms with Gasteiger partial charge in [-0.15, -0.1) is 0 Å². The van der Waals surface area contributed by atoms with E-state index < -0.39 is 5.60 Å². The number of benzene rings is 1. The summed E-state index contributed by atoms with van der Waals surface area (Å²) in [5, 5.41) is 4.88. The molecule has 0 N–H and O–H groups in total. The van der Waals surface area contributed by atoms with Crippen molar-refractivity contribution in [3.05, 3.63) is 60.6 Å². The Hall–Kier alpha value is -3.15. The maximum absolute atomic E-state index is 12.6. The monoisotopic (exact) mass is 376 g/mol. The Labute approximate surface area is 164 Å². The van der Waals surface area contributed by atoms with Gasteiger partial charge in [0.2, 0.25) is 0 Å². The molecule has 0 bridgehead atoms. The van der Waals surface area contributed by atoms with Crippen LogP contribution in [0, 0.1) is 0 Å². The molecule has 28 heavy (non-hydrogen) atoms. The first-order chi connectivity index (χ1) is 13.4. The highest BCUT2D eigenvalue weighted by molar-refractivity contribution is 5.83. The number of rotatable bonds is 2. The number of amides is 1. The van der Waals surface area contributed by atoms with Crippen LogP contribution in [0.1, 0.15) is 26.5 Å². The van der Waals surface area contributed by atoms with Crippen LogP contribution in [0.2, 0.25) is 0 Å². The van der Waals surface area contributed by atoms with Crippen LogP contribution in [0.3, 0.4) is 0 Å². The Morgan fingerprint density at radius 1 is 1.00 bits per heavy atom. The number of hydrogen-bond acceptors (Lipinski definition) is 4. The highest BCUT2D eigenvalue weighted by Crippen LogP contribution is 2.36. The van der Waals surface area contributed by atoms with E-state index in [-0.39, 0.29) is 6.09 Å². The zero-order chi connectivity index (χ0) is 19.7. The predicted molar refractivity (Wildman–Crippen MR) is 108 cm³/mol. The van der Waals surface area contributed by atoms with E-state index in [0.717, 1.165) is 28.1 Å². The molecule has 3 aromatic rings. The third-order valence-corrected chi connectivity index (χ3v) is 4.65. The molecule has 0 saturated carbocycles. The number of aromatic nitrogens is 3. The number of carbonyl (C=O) groups is 1. The molecule has 6 nitrogen and oxygen atoms in total. The fourth-order valence-corrected chi connectivity index (χ4v) is 3.42. The molecule has 0 aliphatic carbocycles. The van der Waals surface area contributed by atoms with E-state index in [9.17, 15) is 4.79 Å². The lowest BCUT2D eigenvalue weighted by atomic mass is 9.99. The number of carbonyl (C=O) groups excluding carboxylic acids is 1. The summed E-state index contributed by atoms with van der Waals surface area (Å²) in [6.45, 7) is 7.33. The number of fused-ring (bicyclic) bond motifs is 1. The smallest absolute Gasteiger partial charge is 0.410 e. The molecular formula is C22H24N4O2. The standard InChI is InChI=1S/C22H24N4O2/c1-22(2,3)28-21(27)25-13-14-26-18(15-25)19(16-9-11-23-12-10-16)20(24-26)17-7-5-4-6-8-17/h4-12H,13-15H2,1-3H3. The van der Waals surface area contributed by atoms with E-state index in [1.807, 2.05) is 55.8 Å². The minimum absolute atomic E-state index is 0.290. The maximum atomic E-state index is 12.6. The third-order valence-electron chi connectivity index (χ3n) is 4.65. The van der Waals surface area contributed by atoms with Gasteiger partial charge in [0.05, 0.1) is 18.8 Å². The molecule has 0 fully saturated rings. The molecule has 0 radical (unpaired) electrons. The molecule has 1 aliphatic heterocycles. The van der Waals surface area contributed by atoms with Crippen LogP contribution in [-0.4, -0.2) is 37.9 Å². The quantitative estimate of drug-likeness (QED) is 0.667. The second kappa shape index (κ2) is 7.11. The van der Waals surface area contributed by atoms with Gasteiger partial charge in [0.25, 0.3) is 0 Å². The fourth-order valence-electron chi connectivity index (χ4n) is 3.42. The first-order valence-electron chi connectivity index (χ1n) is 9.46. The Morgan fingerprint density at radius 3 is 2.39 bits per heavy atom. The molecule has 6 heteroatoms. The minimum Gasteiger partial charge on any atom is -0.444 e. The Bertz CT molecular complexity index is 975. The minimum atomic E-state index is -0.516.